The first-order chi connectivity index (χ1) is 9.61. The van der Waals surface area contributed by atoms with Crippen LogP contribution in [0.4, 0.5) is 10.5 Å². The van der Waals surface area contributed by atoms with Crippen LogP contribution in [0.3, 0.4) is 0 Å². The molecule has 1 radical (unpaired) electrons. The Morgan fingerprint density at radius 3 is 2.50 bits per heavy atom. The van der Waals surface area contributed by atoms with Crippen LogP contribution in [0, 0.1) is 0 Å². The van der Waals surface area contributed by atoms with Gasteiger partial charge in [0, 0.05) is 6.04 Å². The van der Waals surface area contributed by atoms with Crippen molar-refractivity contribution in [1.82, 2.24) is 5.32 Å². The number of anilines is 1. The number of urea groups is 1. The van der Waals surface area contributed by atoms with Gasteiger partial charge in [-0.25, -0.2) is 9.69 Å². The molecule has 1 aromatic rings. The van der Waals surface area contributed by atoms with E-state index in [1.807, 2.05) is 0 Å². The molecule has 0 spiro atoms. The molecular weight excluding hydrogens is 299 g/mol. The summed E-state index contributed by atoms with van der Waals surface area (Å²) in [6.07, 6.45) is 6.91. The molecule has 1 saturated carbocycles. The predicted octanol–water partition coefficient (Wildman–Crippen LogP) is 3.91. The lowest BCUT2D eigenvalue weighted by atomic mass is 9.96. The number of nitrogens with one attached hydrogen (secondary N) is 1. The molecule has 1 aliphatic rings. The smallest absolute Gasteiger partial charge is 0.329 e. The fourth-order valence-corrected chi connectivity index (χ4v) is 2.61. The molecule has 0 aromatic heterocycles. The molecule has 4 nitrogen and oxygen atoms in total. The molecule has 107 valence electrons. The molecule has 0 saturated heterocycles. The minimum absolute atomic E-state index is 0.120. The van der Waals surface area contributed by atoms with E-state index in [0.29, 0.717) is 10.7 Å². The summed E-state index contributed by atoms with van der Waals surface area (Å²) in [6.45, 7) is 0. The van der Waals surface area contributed by atoms with Crippen molar-refractivity contribution in [3.05, 3.63) is 28.2 Å². The summed E-state index contributed by atoms with van der Waals surface area (Å²) in [6, 6.07) is 4.20. The largest absolute Gasteiger partial charge is 0.335 e. The number of amides is 3. The van der Waals surface area contributed by atoms with E-state index in [1.54, 1.807) is 12.5 Å². The molecule has 0 heterocycles. The maximum atomic E-state index is 12.1. The monoisotopic (exact) mass is 313 g/mol. The highest BCUT2D eigenvalue weighted by Gasteiger charge is 2.21. The van der Waals surface area contributed by atoms with Crippen molar-refractivity contribution in [2.45, 2.75) is 38.1 Å². The zero-order valence-corrected chi connectivity index (χ0v) is 12.4. The summed E-state index contributed by atoms with van der Waals surface area (Å²) in [7, 11) is 0. The lowest BCUT2D eigenvalue weighted by Crippen LogP contribution is -2.45. The Bertz CT molecular complexity index is 502. The van der Waals surface area contributed by atoms with Crippen LogP contribution in [0.2, 0.25) is 10.0 Å². The number of imide groups is 1. The third-order valence-corrected chi connectivity index (χ3v) is 4.13. The van der Waals surface area contributed by atoms with Gasteiger partial charge in [0.25, 0.3) is 0 Å². The van der Waals surface area contributed by atoms with E-state index < -0.39 is 6.03 Å². The lowest BCUT2D eigenvalue weighted by molar-refractivity contribution is 0.241. The highest BCUT2D eigenvalue weighted by Crippen LogP contribution is 2.27. The Morgan fingerprint density at radius 1 is 1.20 bits per heavy atom. The number of carbonyl (C=O) groups excluding carboxylic acids is 2. The molecular formula is C14H15Cl2N2O2. The van der Waals surface area contributed by atoms with E-state index >= 15 is 0 Å². The number of nitrogens with zero attached hydrogens (tertiary/aromatic N) is 1. The summed E-state index contributed by atoms with van der Waals surface area (Å²) >= 11 is 11.7. The van der Waals surface area contributed by atoms with Gasteiger partial charge < -0.3 is 5.32 Å². The number of hydrogen-bond donors (Lipinski definition) is 1. The second kappa shape index (κ2) is 6.95. The summed E-state index contributed by atoms with van der Waals surface area (Å²) in [5.41, 5.74) is 0.350. The number of carbonyl (C=O) groups is 1. The lowest BCUT2D eigenvalue weighted by Gasteiger charge is -2.25. The first kappa shape index (κ1) is 15.1. The second-order valence-corrected chi connectivity index (χ2v) is 5.62. The van der Waals surface area contributed by atoms with Crippen LogP contribution in [0.15, 0.2) is 18.2 Å². The molecule has 3 amide bonds. The zero-order valence-electron chi connectivity index (χ0n) is 10.9. The Morgan fingerprint density at radius 2 is 1.90 bits per heavy atom. The predicted molar refractivity (Wildman–Crippen MR) is 80.0 cm³/mol. The molecule has 1 aromatic carbocycles. The molecule has 0 aliphatic heterocycles. The first-order valence-corrected chi connectivity index (χ1v) is 7.31. The minimum Gasteiger partial charge on any atom is -0.335 e. The maximum Gasteiger partial charge on any atom is 0.329 e. The Balaban J connectivity index is 2.08. The molecule has 6 heteroatoms. The van der Waals surface area contributed by atoms with Crippen molar-refractivity contribution in [3.8, 4) is 0 Å². The second-order valence-electron chi connectivity index (χ2n) is 4.81. The van der Waals surface area contributed by atoms with Crippen molar-refractivity contribution in [3.63, 3.8) is 0 Å². The quantitative estimate of drug-likeness (QED) is 0.860. The van der Waals surface area contributed by atoms with E-state index in [9.17, 15) is 9.59 Å². The SMILES string of the molecule is O=[C]N(C(=O)NC1CCCCC1)c1ccc(Cl)c(Cl)c1. The average Bonchev–Trinajstić information content (AvgIpc) is 2.44. The van der Waals surface area contributed by atoms with Crippen molar-refractivity contribution in [2.24, 2.45) is 0 Å². The van der Waals surface area contributed by atoms with Gasteiger partial charge in [0.05, 0.1) is 15.7 Å². The third kappa shape index (κ3) is 3.64. The standard InChI is InChI=1S/C14H15Cl2N2O2/c15-12-7-6-11(8-13(12)16)18(9-19)14(20)17-10-4-2-1-3-5-10/h6-8,10H,1-5H2,(H,17,20). The fraction of sp³-hybridized carbons (Fsp3) is 0.429. The highest BCUT2D eigenvalue weighted by molar-refractivity contribution is 6.42. The molecule has 1 N–H and O–H groups in total. The Labute approximate surface area is 128 Å². The van der Waals surface area contributed by atoms with Crippen LogP contribution < -0.4 is 10.2 Å². The van der Waals surface area contributed by atoms with Crippen molar-refractivity contribution in [1.29, 1.82) is 0 Å². The number of halogens is 2. The fourth-order valence-electron chi connectivity index (χ4n) is 2.32. The highest BCUT2D eigenvalue weighted by atomic mass is 35.5. The first-order valence-electron chi connectivity index (χ1n) is 6.55. The summed E-state index contributed by atoms with van der Waals surface area (Å²) in [4.78, 5) is 24.1. The van der Waals surface area contributed by atoms with Gasteiger partial charge in [0.1, 0.15) is 0 Å². The summed E-state index contributed by atoms with van der Waals surface area (Å²) in [5, 5.41) is 3.51. The normalized spacial score (nSPS) is 15.7. The van der Waals surface area contributed by atoms with Gasteiger partial charge in [-0.3, -0.25) is 4.79 Å². The van der Waals surface area contributed by atoms with E-state index in [0.717, 1.165) is 30.6 Å². The average molecular weight is 314 g/mol. The van der Waals surface area contributed by atoms with E-state index in [-0.39, 0.29) is 11.1 Å². The van der Waals surface area contributed by atoms with Crippen molar-refractivity contribution >= 4 is 41.3 Å². The summed E-state index contributed by atoms with van der Waals surface area (Å²) < 4.78 is 0. The molecule has 2 rings (SSSR count). The zero-order chi connectivity index (χ0) is 14.5. The van der Waals surface area contributed by atoms with E-state index in [4.69, 9.17) is 23.2 Å². The van der Waals surface area contributed by atoms with Gasteiger partial charge in [-0.05, 0) is 31.0 Å². The molecule has 0 bridgehead atoms. The van der Waals surface area contributed by atoms with Gasteiger partial charge in [-0.1, -0.05) is 42.5 Å². The topological polar surface area (TPSA) is 49.4 Å². The molecule has 0 atom stereocenters. The maximum absolute atomic E-state index is 12.1. The third-order valence-electron chi connectivity index (χ3n) is 3.39. The van der Waals surface area contributed by atoms with Crippen molar-refractivity contribution < 1.29 is 9.59 Å². The Kier molecular flexibility index (Phi) is 5.26. The van der Waals surface area contributed by atoms with Crippen LogP contribution in [0.25, 0.3) is 0 Å². The van der Waals surface area contributed by atoms with Gasteiger partial charge >= 0.3 is 12.4 Å². The van der Waals surface area contributed by atoms with Crippen LogP contribution in [0.5, 0.6) is 0 Å². The van der Waals surface area contributed by atoms with Crippen LogP contribution in [0.1, 0.15) is 32.1 Å². The van der Waals surface area contributed by atoms with E-state index in [1.165, 1.54) is 18.6 Å². The minimum atomic E-state index is -0.481. The molecule has 0 unspecified atom stereocenters. The number of rotatable bonds is 3. The molecule has 1 aliphatic carbocycles. The van der Waals surface area contributed by atoms with Crippen LogP contribution >= 0.6 is 23.2 Å². The van der Waals surface area contributed by atoms with E-state index in [2.05, 4.69) is 5.32 Å². The van der Waals surface area contributed by atoms with Gasteiger partial charge in [0.2, 0.25) is 0 Å². The Hall–Kier alpha value is -1.26. The number of hydrogen-bond acceptors (Lipinski definition) is 2. The van der Waals surface area contributed by atoms with Crippen molar-refractivity contribution in [2.75, 3.05) is 4.90 Å². The van der Waals surface area contributed by atoms with Crippen LogP contribution in [-0.2, 0) is 4.79 Å². The van der Waals surface area contributed by atoms with Gasteiger partial charge in [-0.2, -0.15) is 0 Å². The molecule has 1 fully saturated rings. The number of benzene rings is 1. The molecule has 20 heavy (non-hydrogen) atoms. The summed E-state index contributed by atoms with van der Waals surface area (Å²) in [5.74, 6) is 0. The van der Waals surface area contributed by atoms with Gasteiger partial charge in [-0.15, -0.1) is 0 Å². The van der Waals surface area contributed by atoms with Gasteiger partial charge in [0.15, 0.2) is 0 Å². The van der Waals surface area contributed by atoms with Crippen LogP contribution in [-0.4, -0.2) is 18.5 Å².